The van der Waals surface area contributed by atoms with Gasteiger partial charge in [0.2, 0.25) is 6.10 Å². The van der Waals surface area contributed by atoms with Crippen LogP contribution in [0.15, 0.2) is 46.9 Å². The molecule has 0 aromatic heterocycles. The van der Waals surface area contributed by atoms with Gasteiger partial charge in [-0.3, -0.25) is 4.79 Å². The highest BCUT2D eigenvalue weighted by Gasteiger charge is 2.29. The van der Waals surface area contributed by atoms with Gasteiger partial charge in [0.25, 0.3) is 5.91 Å². The molecule has 1 aliphatic rings. The number of hydrogen-bond donors (Lipinski definition) is 1. The Hall–Kier alpha value is -2.61. The summed E-state index contributed by atoms with van der Waals surface area (Å²) in [6.45, 7) is -0.575. The molecule has 3 rings (SSSR count). The fourth-order valence-corrected chi connectivity index (χ4v) is 2.48. The monoisotopic (exact) mass is 409 g/mol. The van der Waals surface area contributed by atoms with Gasteiger partial charge in [-0.2, -0.15) is 0 Å². The second kappa shape index (κ2) is 7.52. The molecule has 2 aromatic carbocycles. The highest BCUT2D eigenvalue weighted by atomic mass is 79.9. The van der Waals surface area contributed by atoms with Gasteiger partial charge in [0, 0.05) is 4.47 Å². The van der Waals surface area contributed by atoms with Crippen LogP contribution in [0.25, 0.3) is 0 Å². The quantitative estimate of drug-likeness (QED) is 0.785. The van der Waals surface area contributed by atoms with Crippen LogP contribution >= 0.6 is 15.9 Å². The lowest BCUT2D eigenvalue weighted by atomic mass is 10.2. The number of ether oxygens (including phenoxy) is 3. The maximum absolute atomic E-state index is 13.7. The molecule has 0 fully saturated rings. The number of nitrogens with one attached hydrogen (secondary N) is 1. The van der Waals surface area contributed by atoms with Crippen LogP contribution in [0.4, 0.5) is 10.1 Å². The minimum Gasteiger partial charge on any atom is -0.485 e. The maximum atomic E-state index is 13.7. The Labute approximate surface area is 151 Å². The van der Waals surface area contributed by atoms with Crippen LogP contribution < -0.4 is 14.8 Å². The first-order valence-electron chi connectivity index (χ1n) is 7.33. The van der Waals surface area contributed by atoms with Crippen molar-refractivity contribution in [2.75, 3.05) is 18.5 Å². The average Bonchev–Trinajstić information content (AvgIpc) is 2.61. The Morgan fingerprint density at radius 2 is 2.00 bits per heavy atom. The number of para-hydroxylation sites is 2. The summed E-state index contributed by atoms with van der Waals surface area (Å²) in [6.07, 6.45) is -0.966. The normalized spacial score (nSPS) is 15.4. The van der Waals surface area contributed by atoms with Crippen LogP contribution in [-0.2, 0) is 14.3 Å². The van der Waals surface area contributed by atoms with Crippen molar-refractivity contribution in [2.24, 2.45) is 0 Å². The van der Waals surface area contributed by atoms with E-state index in [9.17, 15) is 14.0 Å². The van der Waals surface area contributed by atoms with E-state index in [1.807, 2.05) is 0 Å². The van der Waals surface area contributed by atoms with E-state index >= 15 is 0 Å². The minimum atomic E-state index is -0.966. The molecule has 1 atom stereocenters. The first-order valence-corrected chi connectivity index (χ1v) is 8.12. The molecule has 0 saturated heterocycles. The number of amides is 1. The van der Waals surface area contributed by atoms with E-state index in [2.05, 4.69) is 21.2 Å². The summed E-state index contributed by atoms with van der Waals surface area (Å²) in [5.74, 6) is -1.03. The van der Waals surface area contributed by atoms with E-state index in [-0.39, 0.29) is 12.3 Å². The molecular weight excluding hydrogens is 397 g/mol. The van der Waals surface area contributed by atoms with Gasteiger partial charge in [0.1, 0.15) is 12.4 Å². The molecule has 25 heavy (non-hydrogen) atoms. The van der Waals surface area contributed by atoms with Crippen LogP contribution in [-0.4, -0.2) is 31.2 Å². The van der Waals surface area contributed by atoms with Gasteiger partial charge in [0.05, 0.1) is 5.69 Å². The Kier molecular flexibility index (Phi) is 5.18. The molecule has 1 N–H and O–H groups in total. The summed E-state index contributed by atoms with van der Waals surface area (Å²) in [5.41, 5.74) is -0.00424. The predicted molar refractivity (Wildman–Crippen MR) is 90.0 cm³/mol. The molecule has 0 spiro atoms. The lowest BCUT2D eigenvalue weighted by Gasteiger charge is -2.24. The number of benzene rings is 2. The molecule has 0 saturated carbocycles. The molecule has 1 amide bonds. The van der Waals surface area contributed by atoms with Crippen LogP contribution in [0, 0.1) is 5.82 Å². The number of esters is 1. The second-order valence-corrected chi connectivity index (χ2v) is 6.06. The van der Waals surface area contributed by atoms with Crippen LogP contribution in [0.1, 0.15) is 0 Å². The summed E-state index contributed by atoms with van der Waals surface area (Å²) in [4.78, 5) is 23.8. The Morgan fingerprint density at radius 1 is 1.24 bits per heavy atom. The van der Waals surface area contributed by atoms with Gasteiger partial charge in [-0.25, -0.2) is 9.18 Å². The summed E-state index contributed by atoms with van der Waals surface area (Å²) in [7, 11) is 0. The average molecular weight is 410 g/mol. The Morgan fingerprint density at radius 3 is 2.76 bits per heavy atom. The zero-order chi connectivity index (χ0) is 17.8. The van der Waals surface area contributed by atoms with E-state index in [1.165, 1.54) is 12.1 Å². The van der Waals surface area contributed by atoms with Crippen molar-refractivity contribution in [1.82, 2.24) is 0 Å². The van der Waals surface area contributed by atoms with E-state index < -0.39 is 30.4 Å². The van der Waals surface area contributed by atoms with Gasteiger partial charge >= 0.3 is 5.97 Å². The first kappa shape index (κ1) is 17.2. The number of hydrogen-bond acceptors (Lipinski definition) is 5. The van der Waals surface area contributed by atoms with Gasteiger partial charge in [-0.05, 0) is 30.3 Å². The molecule has 8 heteroatoms. The van der Waals surface area contributed by atoms with Crippen LogP contribution in [0.5, 0.6) is 11.5 Å². The summed E-state index contributed by atoms with van der Waals surface area (Å²) in [5, 5.41) is 2.33. The number of halogens is 2. The van der Waals surface area contributed by atoms with Crippen molar-refractivity contribution in [3.05, 3.63) is 52.8 Å². The van der Waals surface area contributed by atoms with E-state index in [0.29, 0.717) is 16.0 Å². The maximum Gasteiger partial charge on any atom is 0.351 e. The fraction of sp³-hybridized carbons (Fsp3) is 0.176. The molecule has 2 aromatic rings. The van der Waals surface area contributed by atoms with Crippen LogP contribution in [0.3, 0.4) is 0 Å². The minimum absolute atomic E-state index is 0.00424. The van der Waals surface area contributed by atoms with Gasteiger partial charge in [-0.15, -0.1) is 0 Å². The van der Waals surface area contributed by atoms with E-state index in [0.717, 1.165) is 0 Å². The molecule has 1 heterocycles. The van der Waals surface area contributed by atoms with E-state index in [4.69, 9.17) is 14.2 Å². The molecule has 0 aliphatic carbocycles. The van der Waals surface area contributed by atoms with Gasteiger partial charge in [-0.1, -0.05) is 28.1 Å². The molecule has 1 aliphatic heterocycles. The topological polar surface area (TPSA) is 73.9 Å². The Bertz CT molecular complexity index is 813. The zero-order valence-electron chi connectivity index (χ0n) is 12.8. The number of fused-ring (bicyclic) bond motifs is 1. The SMILES string of the molecule is O=C(COC(=O)[C@H]1COc2ccccc2O1)Nc1ccc(Br)cc1F. The highest BCUT2D eigenvalue weighted by Crippen LogP contribution is 2.31. The largest absolute Gasteiger partial charge is 0.485 e. The molecule has 0 radical (unpaired) electrons. The van der Waals surface area contributed by atoms with Gasteiger partial charge in [0.15, 0.2) is 18.1 Å². The third kappa shape index (κ3) is 4.27. The summed E-state index contributed by atoms with van der Waals surface area (Å²) < 4.78 is 30.0. The fourth-order valence-electron chi connectivity index (χ4n) is 2.14. The molecule has 130 valence electrons. The zero-order valence-corrected chi connectivity index (χ0v) is 14.4. The van der Waals surface area contributed by atoms with E-state index in [1.54, 1.807) is 30.3 Å². The van der Waals surface area contributed by atoms with Crippen molar-refractivity contribution < 1.29 is 28.2 Å². The third-order valence-corrected chi connectivity index (χ3v) is 3.82. The van der Waals surface area contributed by atoms with Crippen LogP contribution in [0.2, 0.25) is 0 Å². The lowest BCUT2D eigenvalue weighted by molar-refractivity contribution is -0.156. The summed E-state index contributed by atoms with van der Waals surface area (Å²) >= 11 is 3.12. The lowest BCUT2D eigenvalue weighted by Crippen LogP contribution is -2.39. The predicted octanol–water partition coefficient (Wildman–Crippen LogP) is 2.91. The third-order valence-electron chi connectivity index (χ3n) is 3.32. The Balaban J connectivity index is 1.51. The number of carbonyl (C=O) groups is 2. The number of rotatable bonds is 4. The van der Waals surface area contributed by atoms with Crippen molar-refractivity contribution in [3.8, 4) is 11.5 Å². The molecular formula is C17H13BrFNO5. The van der Waals surface area contributed by atoms with Crippen molar-refractivity contribution in [1.29, 1.82) is 0 Å². The smallest absolute Gasteiger partial charge is 0.351 e. The number of carbonyl (C=O) groups excluding carboxylic acids is 2. The standard InChI is InChI=1S/C17H13BrFNO5/c18-10-5-6-12(11(19)7-10)20-16(21)9-24-17(22)15-8-23-13-3-1-2-4-14(13)25-15/h1-7,15H,8-9H2,(H,20,21)/t15-/m1/s1. The van der Waals surface area contributed by atoms with Crippen molar-refractivity contribution >= 4 is 33.5 Å². The second-order valence-electron chi connectivity index (χ2n) is 5.14. The molecule has 0 unspecified atom stereocenters. The number of anilines is 1. The summed E-state index contributed by atoms with van der Waals surface area (Å²) in [6, 6.07) is 11.1. The molecule has 0 bridgehead atoms. The van der Waals surface area contributed by atoms with Crippen molar-refractivity contribution in [3.63, 3.8) is 0 Å². The first-order chi connectivity index (χ1) is 12.0. The van der Waals surface area contributed by atoms with Gasteiger partial charge < -0.3 is 19.5 Å². The molecule has 6 nitrogen and oxygen atoms in total. The highest BCUT2D eigenvalue weighted by molar-refractivity contribution is 9.10. The van der Waals surface area contributed by atoms with Crippen molar-refractivity contribution in [2.45, 2.75) is 6.10 Å².